The first kappa shape index (κ1) is 9.80. The van der Waals surface area contributed by atoms with Gasteiger partial charge in [-0.2, -0.15) is 0 Å². The lowest BCUT2D eigenvalue weighted by atomic mass is 10.0. The van der Waals surface area contributed by atoms with E-state index in [2.05, 4.69) is 4.98 Å². The Balaban J connectivity index is 2.93. The Hall–Kier alpha value is -1.29. The molecule has 0 saturated carbocycles. The summed E-state index contributed by atoms with van der Waals surface area (Å²) >= 11 is 0. The van der Waals surface area contributed by atoms with Gasteiger partial charge in [-0.1, -0.05) is 6.92 Å². The molecule has 13 heavy (non-hydrogen) atoms. The number of ether oxygens (including phenoxy) is 1. The number of hydrogen-bond acceptors (Lipinski definition) is 4. The minimum absolute atomic E-state index is 0.246. The molecule has 0 fully saturated rings. The molecule has 1 heterocycles. The van der Waals surface area contributed by atoms with Crippen molar-refractivity contribution in [2.24, 2.45) is 0 Å². The summed E-state index contributed by atoms with van der Waals surface area (Å²) in [4.78, 5) is 3.89. The summed E-state index contributed by atoms with van der Waals surface area (Å²) in [7, 11) is 1.66. The summed E-state index contributed by atoms with van der Waals surface area (Å²) in [6, 6.07) is 1.87. The lowest BCUT2D eigenvalue weighted by Gasteiger charge is -2.13. The molecule has 0 amide bonds. The summed E-state index contributed by atoms with van der Waals surface area (Å²) in [5, 5.41) is 0. The SMILES string of the molecule is COCC(C)c1ccnc(N)c1N. The van der Waals surface area contributed by atoms with Crippen LogP contribution in [0.4, 0.5) is 11.5 Å². The van der Waals surface area contributed by atoms with Gasteiger partial charge in [-0.3, -0.25) is 0 Å². The van der Waals surface area contributed by atoms with Crippen LogP contribution in [0, 0.1) is 0 Å². The van der Waals surface area contributed by atoms with E-state index in [9.17, 15) is 0 Å². The zero-order chi connectivity index (χ0) is 9.84. The first-order valence-electron chi connectivity index (χ1n) is 4.15. The molecule has 0 spiro atoms. The monoisotopic (exact) mass is 181 g/mol. The van der Waals surface area contributed by atoms with Gasteiger partial charge in [0.1, 0.15) is 5.82 Å². The van der Waals surface area contributed by atoms with Gasteiger partial charge in [0.05, 0.1) is 12.3 Å². The summed E-state index contributed by atoms with van der Waals surface area (Å²) < 4.78 is 5.04. The molecule has 1 aromatic rings. The summed E-state index contributed by atoms with van der Waals surface area (Å²) in [5.74, 6) is 0.635. The highest BCUT2D eigenvalue weighted by Gasteiger charge is 2.10. The normalized spacial score (nSPS) is 12.8. The number of pyridine rings is 1. The van der Waals surface area contributed by atoms with Crippen LogP contribution in [-0.4, -0.2) is 18.7 Å². The van der Waals surface area contributed by atoms with Crippen LogP contribution < -0.4 is 11.5 Å². The van der Waals surface area contributed by atoms with Crippen molar-refractivity contribution < 1.29 is 4.74 Å². The van der Waals surface area contributed by atoms with Crippen molar-refractivity contribution in [3.05, 3.63) is 17.8 Å². The molecular formula is C9H15N3O. The van der Waals surface area contributed by atoms with Gasteiger partial charge in [-0.05, 0) is 11.6 Å². The summed E-state index contributed by atoms with van der Waals surface area (Å²) in [6.45, 7) is 2.67. The zero-order valence-electron chi connectivity index (χ0n) is 7.95. The molecule has 1 aromatic heterocycles. The Labute approximate surface area is 77.9 Å². The van der Waals surface area contributed by atoms with Crippen LogP contribution in [0.2, 0.25) is 0 Å². The predicted molar refractivity (Wildman–Crippen MR) is 53.4 cm³/mol. The first-order valence-corrected chi connectivity index (χ1v) is 4.15. The standard InChI is InChI=1S/C9H15N3O/c1-6(5-13-2)7-3-4-12-9(11)8(7)10/h3-4,6H,5,10H2,1-2H3,(H2,11,12). The minimum Gasteiger partial charge on any atom is -0.396 e. The fourth-order valence-corrected chi connectivity index (χ4v) is 1.27. The maximum Gasteiger partial charge on any atom is 0.146 e. The number of anilines is 2. The highest BCUT2D eigenvalue weighted by atomic mass is 16.5. The molecule has 4 N–H and O–H groups in total. The van der Waals surface area contributed by atoms with Gasteiger partial charge >= 0.3 is 0 Å². The van der Waals surface area contributed by atoms with Crippen molar-refractivity contribution >= 4 is 11.5 Å². The maximum absolute atomic E-state index is 5.77. The predicted octanol–water partition coefficient (Wildman–Crippen LogP) is 0.996. The lowest BCUT2D eigenvalue weighted by Crippen LogP contribution is -2.08. The molecule has 1 rings (SSSR count). The Kier molecular flexibility index (Phi) is 3.08. The number of methoxy groups -OCH3 is 1. The molecule has 0 aromatic carbocycles. The molecule has 4 nitrogen and oxygen atoms in total. The molecule has 0 radical (unpaired) electrons. The molecule has 0 bridgehead atoms. The third-order valence-electron chi connectivity index (χ3n) is 2.00. The molecular weight excluding hydrogens is 166 g/mol. The quantitative estimate of drug-likeness (QED) is 0.729. The highest BCUT2D eigenvalue weighted by Crippen LogP contribution is 2.24. The van der Waals surface area contributed by atoms with Gasteiger partial charge in [-0.25, -0.2) is 4.98 Å². The second kappa shape index (κ2) is 4.09. The van der Waals surface area contributed by atoms with Crippen LogP contribution in [0.3, 0.4) is 0 Å². The van der Waals surface area contributed by atoms with Gasteiger partial charge in [0, 0.05) is 19.2 Å². The molecule has 0 aliphatic heterocycles. The van der Waals surface area contributed by atoms with Gasteiger partial charge in [-0.15, -0.1) is 0 Å². The molecule has 4 heteroatoms. The van der Waals surface area contributed by atoms with Crippen LogP contribution in [0.5, 0.6) is 0 Å². The van der Waals surface area contributed by atoms with Gasteiger partial charge < -0.3 is 16.2 Å². The number of rotatable bonds is 3. The average molecular weight is 181 g/mol. The fourth-order valence-electron chi connectivity index (χ4n) is 1.27. The fraction of sp³-hybridized carbons (Fsp3) is 0.444. The van der Waals surface area contributed by atoms with E-state index in [1.807, 2.05) is 13.0 Å². The topological polar surface area (TPSA) is 74.2 Å². The van der Waals surface area contributed by atoms with Crippen molar-refractivity contribution in [2.45, 2.75) is 12.8 Å². The third kappa shape index (κ3) is 2.09. The number of nitrogens with two attached hydrogens (primary N) is 2. The van der Waals surface area contributed by atoms with E-state index in [0.29, 0.717) is 18.1 Å². The molecule has 1 atom stereocenters. The van der Waals surface area contributed by atoms with Crippen LogP contribution in [0.25, 0.3) is 0 Å². The average Bonchev–Trinajstić information content (AvgIpc) is 2.10. The number of hydrogen-bond donors (Lipinski definition) is 2. The van der Waals surface area contributed by atoms with Crippen LogP contribution in [0.1, 0.15) is 18.4 Å². The van der Waals surface area contributed by atoms with Crippen molar-refractivity contribution in [3.63, 3.8) is 0 Å². The van der Waals surface area contributed by atoms with Gasteiger partial charge in [0.15, 0.2) is 0 Å². The molecule has 0 aliphatic rings. The van der Waals surface area contributed by atoms with Crippen molar-refractivity contribution in [3.8, 4) is 0 Å². The Morgan fingerprint density at radius 2 is 2.23 bits per heavy atom. The van der Waals surface area contributed by atoms with Crippen molar-refractivity contribution in [1.82, 2.24) is 4.98 Å². The minimum atomic E-state index is 0.246. The summed E-state index contributed by atoms with van der Waals surface area (Å²) in [6.07, 6.45) is 1.66. The summed E-state index contributed by atoms with van der Waals surface area (Å²) in [5.41, 5.74) is 12.9. The Morgan fingerprint density at radius 3 is 2.85 bits per heavy atom. The van der Waals surface area contributed by atoms with Crippen molar-refractivity contribution in [2.75, 3.05) is 25.2 Å². The van der Waals surface area contributed by atoms with E-state index in [4.69, 9.17) is 16.2 Å². The molecule has 0 saturated heterocycles. The van der Waals surface area contributed by atoms with E-state index in [1.165, 1.54) is 0 Å². The second-order valence-electron chi connectivity index (χ2n) is 3.06. The molecule has 72 valence electrons. The lowest BCUT2D eigenvalue weighted by molar-refractivity contribution is 0.184. The van der Waals surface area contributed by atoms with E-state index in [-0.39, 0.29) is 5.92 Å². The van der Waals surface area contributed by atoms with E-state index in [1.54, 1.807) is 13.3 Å². The van der Waals surface area contributed by atoms with E-state index < -0.39 is 0 Å². The van der Waals surface area contributed by atoms with E-state index >= 15 is 0 Å². The molecule has 0 aliphatic carbocycles. The van der Waals surface area contributed by atoms with Gasteiger partial charge in [0.2, 0.25) is 0 Å². The maximum atomic E-state index is 5.77. The smallest absolute Gasteiger partial charge is 0.146 e. The second-order valence-corrected chi connectivity index (χ2v) is 3.06. The van der Waals surface area contributed by atoms with Crippen molar-refractivity contribution in [1.29, 1.82) is 0 Å². The third-order valence-corrected chi connectivity index (χ3v) is 2.00. The number of aromatic nitrogens is 1. The number of nitrogens with zero attached hydrogens (tertiary/aromatic N) is 1. The largest absolute Gasteiger partial charge is 0.396 e. The van der Waals surface area contributed by atoms with Crippen LogP contribution in [0.15, 0.2) is 12.3 Å². The van der Waals surface area contributed by atoms with Crippen LogP contribution >= 0.6 is 0 Å². The van der Waals surface area contributed by atoms with E-state index in [0.717, 1.165) is 5.56 Å². The van der Waals surface area contributed by atoms with Crippen LogP contribution in [-0.2, 0) is 4.74 Å². The Morgan fingerprint density at radius 1 is 1.54 bits per heavy atom. The van der Waals surface area contributed by atoms with Gasteiger partial charge in [0.25, 0.3) is 0 Å². The zero-order valence-corrected chi connectivity index (χ0v) is 7.95. The highest BCUT2D eigenvalue weighted by molar-refractivity contribution is 5.63. The Bertz CT molecular complexity index is 288. The number of nitrogen functional groups attached to an aromatic ring is 2. The molecule has 1 unspecified atom stereocenters. The first-order chi connectivity index (χ1) is 6.16.